The maximum absolute atomic E-state index is 12.2. The van der Waals surface area contributed by atoms with E-state index in [1.807, 2.05) is 0 Å². The summed E-state index contributed by atoms with van der Waals surface area (Å²) in [6.07, 6.45) is 10.7. The highest BCUT2D eigenvalue weighted by atomic mass is 32.2. The molecule has 0 bridgehead atoms. The molecule has 4 amide bonds. The van der Waals surface area contributed by atoms with Crippen LogP contribution in [0.4, 0.5) is 0 Å². The van der Waals surface area contributed by atoms with Crippen molar-refractivity contribution in [3.63, 3.8) is 0 Å². The van der Waals surface area contributed by atoms with Crippen molar-refractivity contribution in [2.45, 2.75) is 111 Å². The first kappa shape index (κ1) is 56.1. The second-order valence-corrected chi connectivity index (χ2v) is 19.5. The number of amides is 4. The van der Waals surface area contributed by atoms with Crippen LogP contribution >= 0.6 is 0 Å². The third-order valence-electron chi connectivity index (χ3n) is 11.6. The monoisotopic (exact) mass is 946 g/mol. The lowest BCUT2D eigenvalue weighted by Gasteiger charge is -2.30. The van der Waals surface area contributed by atoms with E-state index < -0.39 is 20.2 Å². The number of hydrogen-bond acceptors (Lipinski definition) is 12. The molecule has 2 saturated heterocycles. The van der Waals surface area contributed by atoms with Crippen LogP contribution in [0.2, 0.25) is 0 Å². The SMILES string of the molecule is CN(C)C(=O)C1CCC(NCC(=O)N2CCC[C@H]2C#N)CC1.CN(C)C(=O)C1CCC(NCC(=O)N2CCC[C@H]2C#N)CC1.O.O=S(=O)(O)c1ccccc1.O=S(=O)(O)c1ccccc1. The molecule has 4 aliphatic rings. The van der Waals surface area contributed by atoms with Crippen LogP contribution in [-0.4, -0.2) is 153 Å². The summed E-state index contributed by atoms with van der Waals surface area (Å²) in [7, 11) is -0.811. The lowest BCUT2D eigenvalue weighted by Crippen LogP contribution is -2.45. The van der Waals surface area contributed by atoms with Gasteiger partial charge in [-0.25, -0.2) is 0 Å². The molecular weight excluding hydrogens is 881 g/mol. The van der Waals surface area contributed by atoms with E-state index in [1.165, 1.54) is 24.3 Å². The Hall–Kier alpha value is -5.00. The van der Waals surface area contributed by atoms with Crippen molar-refractivity contribution in [2.24, 2.45) is 11.8 Å². The molecule has 6 rings (SSSR count). The zero-order chi connectivity index (χ0) is 47.5. The Labute approximate surface area is 383 Å². The van der Waals surface area contributed by atoms with Crippen LogP contribution in [-0.2, 0) is 39.4 Å². The summed E-state index contributed by atoms with van der Waals surface area (Å²) in [6, 6.07) is 19.4. The average molecular weight is 947 g/mol. The van der Waals surface area contributed by atoms with E-state index >= 15 is 0 Å². The van der Waals surface area contributed by atoms with E-state index in [4.69, 9.17) is 19.6 Å². The second-order valence-electron chi connectivity index (χ2n) is 16.6. The Morgan fingerprint density at radius 2 is 0.892 bits per heavy atom. The van der Waals surface area contributed by atoms with Gasteiger partial charge in [-0.1, -0.05) is 36.4 Å². The van der Waals surface area contributed by atoms with E-state index in [2.05, 4.69) is 22.8 Å². The number of nitriles is 2. The van der Waals surface area contributed by atoms with Crippen LogP contribution in [0.15, 0.2) is 70.5 Å². The van der Waals surface area contributed by atoms with Gasteiger partial charge in [0, 0.05) is 65.2 Å². The summed E-state index contributed by atoms with van der Waals surface area (Å²) in [4.78, 5) is 54.8. The summed E-state index contributed by atoms with van der Waals surface area (Å²) in [6.45, 7) is 2.00. The summed E-state index contributed by atoms with van der Waals surface area (Å²) in [5.74, 6) is 0.730. The van der Waals surface area contributed by atoms with E-state index in [-0.39, 0.29) is 62.8 Å². The number of nitrogens with one attached hydrogen (secondary N) is 2. The van der Waals surface area contributed by atoms with Gasteiger partial charge in [-0.2, -0.15) is 27.4 Å². The topological polar surface area (TPSA) is 293 Å². The molecule has 65 heavy (non-hydrogen) atoms. The minimum absolute atomic E-state index is 0. The molecule has 19 nitrogen and oxygen atoms in total. The molecule has 2 aliphatic carbocycles. The zero-order valence-corrected chi connectivity index (χ0v) is 39.3. The molecule has 2 heterocycles. The fourth-order valence-corrected chi connectivity index (χ4v) is 9.07. The predicted molar refractivity (Wildman–Crippen MR) is 242 cm³/mol. The Morgan fingerprint density at radius 1 is 0.585 bits per heavy atom. The highest BCUT2D eigenvalue weighted by Crippen LogP contribution is 2.27. The Morgan fingerprint density at radius 3 is 1.14 bits per heavy atom. The van der Waals surface area contributed by atoms with E-state index in [1.54, 1.807) is 84.2 Å². The normalized spacial score (nSPS) is 22.6. The molecule has 2 aromatic rings. The number of nitrogens with zero attached hydrogens (tertiary/aromatic N) is 6. The third kappa shape index (κ3) is 18.8. The van der Waals surface area contributed by atoms with Crippen molar-refractivity contribution in [1.29, 1.82) is 10.5 Å². The number of benzene rings is 2. The van der Waals surface area contributed by atoms with Gasteiger partial charge in [0.1, 0.15) is 12.1 Å². The third-order valence-corrected chi connectivity index (χ3v) is 13.4. The van der Waals surface area contributed by atoms with Gasteiger partial charge < -0.3 is 35.7 Å². The number of likely N-dealkylation sites (tertiary alicyclic amines) is 2. The molecule has 21 heteroatoms. The van der Waals surface area contributed by atoms with Gasteiger partial charge in [0.2, 0.25) is 23.6 Å². The molecule has 2 atom stereocenters. The van der Waals surface area contributed by atoms with Crippen LogP contribution in [0.5, 0.6) is 0 Å². The van der Waals surface area contributed by atoms with Gasteiger partial charge >= 0.3 is 0 Å². The van der Waals surface area contributed by atoms with Crippen LogP contribution < -0.4 is 10.6 Å². The van der Waals surface area contributed by atoms with Gasteiger partial charge in [0.15, 0.2) is 0 Å². The Balaban J connectivity index is 0.000000315. The lowest BCUT2D eigenvalue weighted by molar-refractivity contribution is -0.134. The molecule has 0 spiro atoms. The molecule has 2 aromatic carbocycles. The maximum atomic E-state index is 12.2. The van der Waals surface area contributed by atoms with E-state index in [0.29, 0.717) is 38.3 Å². The Kier molecular flexibility index (Phi) is 23.7. The molecule has 0 radical (unpaired) electrons. The lowest BCUT2D eigenvalue weighted by atomic mass is 9.85. The largest absolute Gasteiger partial charge is 0.412 e. The minimum Gasteiger partial charge on any atom is -0.412 e. The first-order chi connectivity index (χ1) is 30.3. The highest BCUT2D eigenvalue weighted by Gasteiger charge is 2.32. The summed E-state index contributed by atoms with van der Waals surface area (Å²) in [5.41, 5.74) is 0. The van der Waals surface area contributed by atoms with Gasteiger partial charge in [0.05, 0.1) is 35.0 Å². The zero-order valence-electron chi connectivity index (χ0n) is 37.7. The fourth-order valence-electron chi connectivity index (χ4n) is 8.07. The van der Waals surface area contributed by atoms with Crippen molar-refractivity contribution >= 4 is 43.9 Å². The fraction of sp³-hybridized carbons (Fsp3) is 0.591. The van der Waals surface area contributed by atoms with Gasteiger partial charge in [-0.15, -0.1) is 0 Å². The van der Waals surface area contributed by atoms with E-state index in [0.717, 1.165) is 77.0 Å². The average Bonchev–Trinajstić information content (AvgIpc) is 3.99. The second kappa shape index (κ2) is 27.5. The van der Waals surface area contributed by atoms with Crippen LogP contribution in [0.25, 0.3) is 0 Å². The van der Waals surface area contributed by atoms with Crippen molar-refractivity contribution in [1.82, 2.24) is 30.2 Å². The van der Waals surface area contributed by atoms with Crippen molar-refractivity contribution in [2.75, 3.05) is 54.4 Å². The van der Waals surface area contributed by atoms with Crippen molar-refractivity contribution in [3.8, 4) is 12.1 Å². The molecule has 0 aromatic heterocycles. The predicted octanol–water partition coefficient (Wildman–Crippen LogP) is 2.52. The van der Waals surface area contributed by atoms with E-state index in [9.17, 15) is 36.0 Å². The molecular formula is C44H66N8O11S2. The quantitative estimate of drug-likeness (QED) is 0.249. The van der Waals surface area contributed by atoms with Crippen LogP contribution in [0.1, 0.15) is 77.0 Å². The first-order valence-electron chi connectivity index (χ1n) is 21.6. The molecule has 0 unspecified atom stereocenters. The maximum Gasteiger partial charge on any atom is 0.294 e. The number of carbonyl (C=O) groups is 4. The molecule has 2 aliphatic heterocycles. The minimum atomic E-state index is -4.00. The van der Waals surface area contributed by atoms with Gasteiger partial charge in [0.25, 0.3) is 20.2 Å². The van der Waals surface area contributed by atoms with Gasteiger partial charge in [-0.3, -0.25) is 28.3 Å². The number of hydrogen-bond donors (Lipinski definition) is 4. The molecule has 360 valence electrons. The molecule has 6 N–H and O–H groups in total. The Bertz CT molecular complexity index is 1970. The van der Waals surface area contributed by atoms with Crippen LogP contribution in [0.3, 0.4) is 0 Å². The molecule has 2 saturated carbocycles. The van der Waals surface area contributed by atoms with Crippen molar-refractivity contribution in [3.05, 3.63) is 60.7 Å². The summed E-state index contributed by atoms with van der Waals surface area (Å²) < 4.78 is 58.5. The summed E-state index contributed by atoms with van der Waals surface area (Å²) in [5, 5.41) is 24.7. The van der Waals surface area contributed by atoms with Crippen molar-refractivity contribution < 1.29 is 50.6 Å². The molecule has 4 fully saturated rings. The van der Waals surface area contributed by atoms with Crippen LogP contribution in [0, 0.1) is 34.5 Å². The number of rotatable bonds is 10. The van der Waals surface area contributed by atoms with Gasteiger partial charge in [-0.05, 0) is 101 Å². The number of carbonyl (C=O) groups excluding carboxylic acids is 4. The smallest absolute Gasteiger partial charge is 0.294 e. The highest BCUT2D eigenvalue weighted by molar-refractivity contribution is 7.86. The summed E-state index contributed by atoms with van der Waals surface area (Å²) >= 11 is 0. The standard InChI is InChI=1S/2C16H26N4O2.2C6H6O3S.H2O/c2*1-19(2)16(22)12-5-7-13(8-6-12)18-11-15(21)20-9-3-4-14(20)10-17;2*7-10(8,9)6-4-2-1-3-5-6;/h2*12-14,18H,3-9,11H2,1-2H3;2*1-5H,(H,7,8,9);1H2/t2*12?,13?,14-;;;/m00.../s1. The first-order valence-corrected chi connectivity index (χ1v) is 24.5.